The van der Waals surface area contributed by atoms with Crippen LogP contribution in [0.5, 0.6) is 5.75 Å². The molecule has 1 aliphatic heterocycles. The first-order chi connectivity index (χ1) is 11.6. The Labute approximate surface area is 142 Å². The highest BCUT2D eigenvalue weighted by Crippen LogP contribution is 2.13. The number of rotatable bonds is 4. The largest absolute Gasteiger partial charge is 0.497 e. The lowest BCUT2D eigenvalue weighted by molar-refractivity contribution is 0.0972. The highest BCUT2D eigenvalue weighted by Gasteiger charge is 2.15. The van der Waals surface area contributed by atoms with Crippen molar-refractivity contribution in [3.05, 3.63) is 57.8 Å². The Hall–Kier alpha value is -2.61. The first kappa shape index (κ1) is 16.3. The molecule has 1 aromatic carbocycles. The average molecular weight is 344 g/mol. The van der Waals surface area contributed by atoms with Crippen molar-refractivity contribution in [3.8, 4) is 5.75 Å². The summed E-state index contributed by atoms with van der Waals surface area (Å²) in [5.41, 5.74) is 0.671. The number of aromatic nitrogens is 2. The van der Waals surface area contributed by atoms with Crippen molar-refractivity contribution in [2.24, 2.45) is 4.99 Å². The summed E-state index contributed by atoms with van der Waals surface area (Å²) >= 11 is 1.47. The number of H-pyrrole nitrogens is 1. The number of hydrogen-bond donors (Lipinski definition) is 2. The molecule has 1 aliphatic rings. The molecule has 3 rings (SSSR count). The number of aliphatic imine (C=N–C) groups is 1. The van der Waals surface area contributed by atoms with Crippen LogP contribution < -0.4 is 15.6 Å². The normalized spacial score (nSPS) is 13.5. The highest BCUT2D eigenvalue weighted by molar-refractivity contribution is 8.14. The smallest absolute Gasteiger partial charge is 0.276 e. The van der Waals surface area contributed by atoms with Crippen molar-refractivity contribution in [2.75, 3.05) is 19.4 Å². The molecular weight excluding hydrogens is 328 g/mol. The van der Waals surface area contributed by atoms with Gasteiger partial charge in [0.2, 0.25) is 0 Å². The first-order valence-corrected chi connectivity index (χ1v) is 8.34. The molecule has 0 spiro atoms. The second-order valence-electron chi connectivity index (χ2n) is 5.09. The van der Waals surface area contributed by atoms with E-state index in [-0.39, 0.29) is 11.3 Å². The molecule has 2 aromatic rings. The number of methoxy groups -OCH3 is 1. The fraction of sp³-hybridized carbons (Fsp3) is 0.250. The third-order valence-corrected chi connectivity index (χ3v) is 4.25. The van der Waals surface area contributed by atoms with Crippen molar-refractivity contribution in [1.29, 1.82) is 0 Å². The molecule has 0 atom stereocenters. The molecule has 24 heavy (non-hydrogen) atoms. The zero-order valence-corrected chi connectivity index (χ0v) is 13.9. The van der Waals surface area contributed by atoms with E-state index < -0.39 is 5.91 Å². The van der Waals surface area contributed by atoms with Gasteiger partial charge >= 0.3 is 0 Å². The van der Waals surface area contributed by atoms with E-state index in [0.717, 1.165) is 17.1 Å². The predicted octanol–water partition coefficient (Wildman–Crippen LogP) is 1.20. The molecule has 1 amide bonds. The van der Waals surface area contributed by atoms with Gasteiger partial charge in [-0.05, 0) is 17.7 Å². The van der Waals surface area contributed by atoms with Crippen LogP contribution >= 0.6 is 11.8 Å². The summed E-state index contributed by atoms with van der Waals surface area (Å²) in [6.45, 7) is 0.686. The van der Waals surface area contributed by atoms with E-state index >= 15 is 0 Å². The fourth-order valence-electron chi connectivity index (χ4n) is 2.22. The lowest BCUT2D eigenvalue weighted by Gasteiger charge is -2.06. The Morgan fingerprint density at radius 3 is 2.83 bits per heavy atom. The van der Waals surface area contributed by atoms with Crippen LogP contribution in [0.3, 0.4) is 0 Å². The molecule has 0 aliphatic carbocycles. The molecule has 124 valence electrons. The van der Waals surface area contributed by atoms with Crippen LogP contribution in [0.15, 0.2) is 40.1 Å². The Morgan fingerprint density at radius 2 is 2.17 bits per heavy atom. The van der Waals surface area contributed by atoms with Crippen molar-refractivity contribution < 1.29 is 9.53 Å². The van der Waals surface area contributed by atoms with E-state index in [1.165, 1.54) is 17.8 Å². The molecule has 2 N–H and O–H groups in total. The first-order valence-electron chi connectivity index (χ1n) is 7.36. The summed E-state index contributed by atoms with van der Waals surface area (Å²) in [7, 11) is 1.60. The molecule has 0 fully saturated rings. The Kier molecular flexibility index (Phi) is 4.95. The Balaban J connectivity index is 1.77. The van der Waals surface area contributed by atoms with Crippen molar-refractivity contribution in [3.63, 3.8) is 0 Å². The second kappa shape index (κ2) is 7.31. The molecule has 1 aromatic heterocycles. The maximum Gasteiger partial charge on any atom is 0.276 e. The van der Waals surface area contributed by atoms with Crippen LogP contribution in [0.2, 0.25) is 0 Å². The number of aromatic amines is 1. The summed E-state index contributed by atoms with van der Waals surface area (Å²) in [6.07, 6.45) is 0.413. The topological polar surface area (TPSA) is 96.4 Å². The molecule has 0 saturated carbocycles. The maximum atomic E-state index is 12.2. The van der Waals surface area contributed by atoms with E-state index in [2.05, 4.69) is 20.3 Å². The van der Waals surface area contributed by atoms with Crippen LogP contribution in [-0.4, -0.2) is 40.5 Å². The third-order valence-electron chi connectivity index (χ3n) is 3.36. The molecule has 2 heterocycles. The van der Waals surface area contributed by atoms with Crippen molar-refractivity contribution in [1.82, 2.24) is 15.3 Å². The number of ether oxygens (including phenoxy) is 1. The minimum Gasteiger partial charge on any atom is -0.497 e. The standard InChI is InChI=1S/C16H16N4O3S/c1-23-11-4-2-10(3-5-11)8-13-18-12(9-14(21)19-13)15(22)20-16-17-6-7-24-16/h2-5,9H,6-8H2,1H3,(H,17,20,22)(H,18,19,21). The number of carbonyl (C=O) groups excluding carboxylic acids is 1. The van der Waals surface area contributed by atoms with Crippen LogP contribution in [-0.2, 0) is 6.42 Å². The molecule has 0 unspecified atom stereocenters. The number of benzene rings is 1. The van der Waals surface area contributed by atoms with Crippen molar-refractivity contribution in [2.45, 2.75) is 6.42 Å². The summed E-state index contributed by atoms with van der Waals surface area (Å²) in [6, 6.07) is 8.62. The fourth-order valence-corrected chi connectivity index (χ4v) is 2.94. The lowest BCUT2D eigenvalue weighted by Crippen LogP contribution is -2.30. The number of nitrogens with one attached hydrogen (secondary N) is 2. The number of hydrogen-bond acceptors (Lipinski definition) is 6. The predicted molar refractivity (Wildman–Crippen MR) is 92.9 cm³/mol. The van der Waals surface area contributed by atoms with Gasteiger partial charge < -0.3 is 9.72 Å². The van der Waals surface area contributed by atoms with Crippen LogP contribution in [0.25, 0.3) is 0 Å². The Bertz CT molecular complexity index is 830. The zero-order valence-electron chi connectivity index (χ0n) is 13.0. The number of nitrogens with zero attached hydrogens (tertiary/aromatic N) is 2. The van der Waals surface area contributed by atoms with E-state index in [0.29, 0.717) is 24.0 Å². The third kappa shape index (κ3) is 4.02. The summed E-state index contributed by atoms with van der Waals surface area (Å²) in [4.78, 5) is 35.1. The van der Waals surface area contributed by atoms with Gasteiger partial charge in [0, 0.05) is 18.2 Å². The SMILES string of the molecule is COc1ccc(Cc2nc(C(=O)NC3=NCCS3)cc(=O)[nH]2)cc1. The van der Waals surface area contributed by atoms with Crippen LogP contribution in [0.4, 0.5) is 0 Å². The molecule has 0 bridgehead atoms. The van der Waals surface area contributed by atoms with Crippen molar-refractivity contribution >= 4 is 22.8 Å². The second-order valence-corrected chi connectivity index (χ2v) is 6.18. The lowest BCUT2D eigenvalue weighted by atomic mass is 10.1. The van der Waals surface area contributed by atoms with E-state index in [4.69, 9.17) is 4.74 Å². The van der Waals surface area contributed by atoms with Gasteiger partial charge in [0.05, 0.1) is 13.7 Å². The number of amidine groups is 1. The van der Waals surface area contributed by atoms with Crippen LogP contribution in [0.1, 0.15) is 21.9 Å². The monoisotopic (exact) mass is 344 g/mol. The molecule has 7 nitrogen and oxygen atoms in total. The summed E-state index contributed by atoms with van der Waals surface area (Å²) < 4.78 is 5.11. The van der Waals surface area contributed by atoms with Gasteiger partial charge in [0.1, 0.15) is 17.3 Å². The van der Waals surface area contributed by atoms with Gasteiger partial charge in [-0.15, -0.1) is 0 Å². The minimum atomic E-state index is -0.426. The number of carbonyl (C=O) groups is 1. The quantitative estimate of drug-likeness (QED) is 0.869. The van der Waals surface area contributed by atoms with Gasteiger partial charge in [-0.25, -0.2) is 4.98 Å². The average Bonchev–Trinajstić information content (AvgIpc) is 3.08. The Morgan fingerprint density at radius 1 is 1.38 bits per heavy atom. The summed E-state index contributed by atoms with van der Waals surface area (Å²) in [5, 5.41) is 3.24. The van der Waals surface area contributed by atoms with Gasteiger partial charge in [0.25, 0.3) is 11.5 Å². The number of thioether (sulfide) groups is 1. The molecule has 0 saturated heterocycles. The van der Waals surface area contributed by atoms with E-state index in [1.807, 2.05) is 24.3 Å². The van der Waals surface area contributed by atoms with Crippen LogP contribution in [0, 0.1) is 0 Å². The van der Waals surface area contributed by atoms with Gasteiger partial charge in [0.15, 0.2) is 5.17 Å². The maximum absolute atomic E-state index is 12.2. The van der Waals surface area contributed by atoms with Gasteiger partial charge in [-0.2, -0.15) is 0 Å². The summed E-state index contributed by atoms with van der Waals surface area (Å²) in [5.74, 6) is 1.61. The minimum absolute atomic E-state index is 0.0810. The highest BCUT2D eigenvalue weighted by atomic mass is 32.2. The van der Waals surface area contributed by atoms with Gasteiger partial charge in [-0.1, -0.05) is 23.9 Å². The zero-order chi connectivity index (χ0) is 16.9. The molecule has 0 radical (unpaired) electrons. The van der Waals surface area contributed by atoms with Gasteiger partial charge in [-0.3, -0.25) is 19.9 Å². The van der Waals surface area contributed by atoms with E-state index in [9.17, 15) is 9.59 Å². The van der Waals surface area contributed by atoms with E-state index in [1.54, 1.807) is 7.11 Å². The number of amides is 1. The molecular formula is C16H16N4O3S. The molecule has 8 heteroatoms.